The van der Waals surface area contributed by atoms with Crippen LogP contribution in [0.4, 0.5) is 11.4 Å². The van der Waals surface area contributed by atoms with E-state index in [0.717, 1.165) is 11.4 Å². The van der Waals surface area contributed by atoms with Crippen LogP contribution in [0, 0.1) is 0 Å². The van der Waals surface area contributed by atoms with Crippen molar-refractivity contribution >= 4 is 17.3 Å². The average molecular weight is 236 g/mol. The van der Waals surface area contributed by atoms with Crippen molar-refractivity contribution in [3.63, 3.8) is 0 Å². The Hall–Kier alpha value is -1.55. The van der Waals surface area contributed by atoms with E-state index in [2.05, 4.69) is 5.32 Å². The van der Waals surface area contributed by atoms with Gasteiger partial charge in [0.05, 0.1) is 6.10 Å². The molecule has 0 aromatic heterocycles. The zero-order valence-electron chi connectivity index (χ0n) is 10.9. The topological polar surface area (TPSA) is 41.6 Å². The first-order chi connectivity index (χ1) is 7.99. The first kappa shape index (κ1) is 13.5. The molecule has 0 spiro atoms. The molecule has 17 heavy (non-hydrogen) atoms. The molecule has 1 N–H and O–H groups in total. The average Bonchev–Trinajstić information content (AvgIpc) is 2.26. The number of carbonyl (C=O) groups excluding carboxylic acids is 1. The van der Waals surface area contributed by atoms with E-state index >= 15 is 0 Å². The first-order valence-electron chi connectivity index (χ1n) is 5.68. The van der Waals surface area contributed by atoms with Crippen LogP contribution in [0.5, 0.6) is 0 Å². The van der Waals surface area contributed by atoms with Gasteiger partial charge in [-0.3, -0.25) is 4.79 Å². The lowest BCUT2D eigenvalue weighted by molar-refractivity contribution is -0.121. The van der Waals surface area contributed by atoms with Gasteiger partial charge in [-0.1, -0.05) is 6.07 Å². The predicted octanol–water partition coefficient (Wildman–Crippen LogP) is 2.12. The van der Waals surface area contributed by atoms with E-state index in [-0.39, 0.29) is 18.6 Å². The minimum Gasteiger partial charge on any atom is -0.378 e. The van der Waals surface area contributed by atoms with E-state index < -0.39 is 0 Å². The fourth-order valence-corrected chi connectivity index (χ4v) is 1.30. The lowest BCUT2D eigenvalue weighted by Gasteiger charge is -2.14. The normalized spacial score (nSPS) is 10.4. The number of benzene rings is 1. The number of hydrogen-bond acceptors (Lipinski definition) is 3. The summed E-state index contributed by atoms with van der Waals surface area (Å²) in [6, 6.07) is 7.68. The van der Waals surface area contributed by atoms with Crippen LogP contribution in [-0.4, -0.2) is 32.7 Å². The van der Waals surface area contributed by atoms with Crippen LogP contribution in [0.25, 0.3) is 0 Å². The van der Waals surface area contributed by atoms with Crippen molar-refractivity contribution in [2.24, 2.45) is 0 Å². The minimum atomic E-state index is -0.130. The lowest BCUT2D eigenvalue weighted by atomic mass is 10.2. The third kappa shape index (κ3) is 4.87. The van der Waals surface area contributed by atoms with Gasteiger partial charge in [0, 0.05) is 25.5 Å². The third-order valence-electron chi connectivity index (χ3n) is 2.19. The largest absolute Gasteiger partial charge is 0.378 e. The van der Waals surface area contributed by atoms with E-state index in [0.29, 0.717) is 0 Å². The molecule has 0 aliphatic carbocycles. The smallest absolute Gasteiger partial charge is 0.250 e. The van der Waals surface area contributed by atoms with E-state index in [1.165, 1.54) is 0 Å². The van der Waals surface area contributed by atoms with Gasteiger partial charge >= 0.3 is 0 Å². The minimum absolute atomic E-state index is 0.0638. The molecule has 1 aromatic carbocycles. The van der Waals surface area contributed by atoms with Gasteiger partial charge in [-0.25, -0.2) is 0 Å². The molecule has 0 atom stereocenters. The number of hydrogen-bond donors (Lipinski definition) is 1. The number of carbonyl (C=O) groups is 1. The number of anilines is 2. The number of amides is 1. The number of ether oxygens (including phenoxy) is 1. The lowest BCUT2D eigenvalue weighted by Crippen LogP contribution is -2.20. The molecule has 0 heterocycles. The summed E-state index contributed by atoms with van der Waals surface area (Å²) in [4.78, 5) is 13.5. The summed E-state index contributed by atoms with van der Waals surface area (Å²) in [5.41, 5.74) is 1.83. The second-order valence-corrected chi connectivity index (χ2v) is 4.35. The molecular formula is C13H20N2O2. The maximum atomic E-state index is 11.5. The van der Waals surface area contributed by atoms with Gasteiger partial charge in [0.2, 0.25) is 5.91 Å². The molecule has 4 heteroatoms. The fraction of sp³-hybridized carbons (Fsp3) is 0.462. The van der Waals surface area contributed by atoms with Gasteiger partial charge in [-0.15, -0.1) is 0 Å². The van der Waals surface area contributed by atoms with Gasteiger partial charge in [0.15, 0.2) is 0 Å². The van der Waals surface area contributed by atoms with Crippen LogP contribution in [0.15, 0.2) is 24.3 Å². The van der Waals surface area contributed by atoms with Gasteiger partial charge in [-0.2, -0.15) is 0 Å². The summed E-state index contributed by atoms with van der Waals surface area (Å²) in [6.45, 7) is 3.89. The molecule has 0 aliphatic heterocycles. The zero-order valence-corrected chi connectivity index (χ0v) is 10.9. The van der Waals surface area contributed by atoms with Crippen LogP contribution >= 0.6 is 0 Å². The van der Waals surface area contributed by atoms with Gasteiger partial charge in [-0.05, 0) is 32.0 Å². The van der Waals surface area contributed by atoms with Gasteiger partial charge < -0.3 is 15.0 Å². The highest BCUT2D eigenvalue weighted by atomic mass is 16.5. The molecule has 4 nitrogen and oxygen atoms in total. The number of nitrogens with zero attached hydrogens (tertiary/aromatic N) is 1. The Bertz CT molecular complexity index is 375. The standard InChI is InChI=1S/C13H20N2O2/c1-10(2)17-9-13(16)14-11-6-5-7-12(8-11)15(3)4/h5-8,10H,9H2,1-4H3,(H,14,16). The molecule has 0 aliphatic rings. The van der Waals surface area contributed by atoms with Gasteiger partial charge in [0.25, 0.3) is 0 Å². The van der Waals surface area contributed by atoms with Crippen molar-refractivity contribution in [2.45, 2.75) is 20.0 Å². The molecular weight excluding hydrogens is 216 g/mol. The molecule has 0 saturated heterocycles. The molecule has 0 bridgehead atoms. The zero-order chi connectivity index (χ0) is 12.8. The van der Waals surface area contributed by atoms with E-state index in [1.54, 1.807) is 0 Å². The predicted molar refractivity (Wildman–Crippen MR) is 70.5 cm³/mol. The molecule has 1 amide bonds. The van der Waals surface area contributed by atoms with E-state index in [1.807, 2.05) is 57.1 Å². The Kier molecular flexibility index (Phi) is 4.97. The van der Waals surface area contributed by atoms with Crippen molar-refractivity contribution in [3.05, 3.63) is 24.3 Å². The van der Waals surface area contributed by atoms with Crippen molar-refractivity contribution < 1.29 is 9.53 Å². The Balaban J connectivity index is 2.56. The quantitative estimate of drug-likeness (QED) is 0.851. The molecule has 1 rings (SSSR count). The highest BCUT2D eigenvalue weighted by Crippen LogP contribution is 2.17. The summed E-state index contributed by atoms with van der Waals surface area (Å²) >= 11 is 0. The Morgan fingerprint density at radius 1 is 1.41 bits per heavy atom. The second kappa shape index (κ2) is 6.25. The Morgan fingerprint density at radius 3 is 2.71 bits per heavy atom. The molecule has 0 radical (unpaired) electrons. The second-order valence-electron chi connectivity index (χ2n) is 4.35. The Labute approximate surface area is 103 Å². The SMILES string of the molecule is CC(C)OCC(=O)Nc1cccc(N(C)C)c1. The first-order valence-corrected chi connectivity index (χ1v) is 5.68. The molecule has 1 aromatic rings. The maximum Gasteiger partial charge on any atom is 0.250 e. The highest BCUT2D eigenvalue weighted by molar-refractivity contribution is 5.92. The molecule has 0 fully saturated rings. The van der Waals surface area contributed by atoms with Crippen LogP contribution < -0.4 is 10.2 Å². The molecule has 94 valence electrons. The van der Waals surface area contributed by atoms with Crippen molar-refractivity contribution in [2.75, 3.05) is 30.9 Å². The fourth-order valence-electron chi connectivity index (χ4n) is 1.30. The van der Waals surface area contributed by atoms with Crippen molar-refractivity contribution in [1.29, 1.82) is 0 Å². The third-order valence-corrected chi connectivity index (χ3v) is 2.19. The summed E-state index contributed by atoms with van der Waals surface area (Å²) < 4.78 is 5.23. The number of nitrogens with one attached hydrogen (secondary N) is 1. The summed E-state index contributed by atoms with van der Waals surface area (Å²) in [5.74, 6) is -0.130. The maximum absolute atomic E-state index is 11.5. The Morgan fingerprint density at radius 2 is 2.12 bits per heavy atom. The highest BCUT2D eigenvalue weighted by Gasteiger charge is 2.04. The van der Waals surface area contributed by atoms with Crippen LogP contribution in [0.3, 0.4) is 0 Å². The molecule has 0 unspecified atom stereocenters. The van der Waals surface area contributed by atoms with Crippen LogP contribution in [-0.2, 0) is 9.53 Å². The number of rotatable bonds is 5. The van der Waals surface area contributed by atoms with Crippen LogP contribution in [0.2, 0.25) is 0 Å². The summed E-state index contributed by atoms with van der Waals surface area (Å²) in [5, 5.41) is 2.80. The molecule has 0 saturated carbocycles. The van der Waals surface area contributed by atoms with Crippen molar-refractivity contribution in [3.8, 4) is 0 Å². The summed E-state index contributed by atoms with van der Waals surface area (Å²) in [7, 11) is 3.92. The summed E-state index contributed by atoms with van der Waals surface area (Å²) in [6.07, 6.45) is 0.0638. The van der Waals surface area contributed by atoms with Gasteiger partial charge in [0.1, 0.15) is 6.61 Å². The van der Waals surface area contributed by atoms with E-state index in [4.69, 9.17) is 4.74 Å². The van der Waals surface area contributed by atoms with E-state index in [9.17, 15) is 4.79 Å². The van der Waals surface area contributed by atoms with Crippen LogP contribution in [0.1, 0.15) is 13.8 Å². The monoisotopic (exact) mass is 236 g/mol. The van der Waals surface area contributed by atoms with Crippen molar-refractivity contribution in [1.82, 2.24) is 0 Å².